The summed E-state index contributed by atoms with van der Waals surface area (Å²) in [6.45, 7) is -0.103. The molecule has 0 N–H and O–H groups in total. The molecule has 0 saturated heterocycles. The minimum Gasteiger partial charge on any atom is -0.465 e. The van der Waals surface area contributed by atoms with E-state index in [0.29, 0.717) is 10.4 Å². The first-order valence-electron chi connectivity index (χ1n) is 6.73. The number of benzene rings is 1. The molecular formula is C15H10N2O6S. The van der Waals surface area contributed by atoms with Gasteiger partial charge in [-0.1, -0.05) is 0 Å². The minimum atomic E-state index is -0.630. The van der Waals surface area contributed by atoms with Gasteiger partial charge < -0.3 is 4.74 Å². The monoisotopic (exact) mass is 346 g/mol. The molecule has 1 aliphatic rings. The molecule has 0 atom stereocenters. The van der Waals surface area contributed by atoms with E-state index in [2.05, 4.69) is 4.74 Å². The van der Waals surface area contributed by atoms with Crippen molar-refractivity contribution in [3.63, 3.8) is 0 Å². The predicted molar refractivity (Wildman–Crippen MR) is 83.0 cm³/mol. The van der Waals surface area contributed by atoms with Crippen LogP contribution in [0.2, 0.25) is 0 Å². The van der Waals surface area contributed by atoms with Crippen LogP contribution in [-0.2, 0) is 11.3 Å². The van der Waals surface area contributed by atoms with Crippen LogP contribution in [0.1, 0.15) is 36.0 Å². The quantitative estimate of drug-likeness (QED) is 0.364. The summed E-state index contributed by atoms with van der Waals surface area (Å²) in [7, 11) is 1.24. The Morgan fingerprint density at radius 3 is 2.62 bits per heavy atom. The zero-order valence-corrected chi connectivity index (χ0v) is 13.2. The van der Waals surface area contributed by atoms with Gasteiger partial charge in [-0.2, -0.15) is 0 Å². The zero-order chi connectivity index (χ0) is 17.4. The van der Waals surface area contributed by atoms with Crippen molar-refractivity contribution in [2.24, 2.45) is 0 Å². The summed E-state index contributed by atoms with van der Waals surface area (Å²) in [6, 6.07) is 5.16. The standard InChI is InChI=1S/C15H10N2O6S/c1-23-15(20)12-8(4-5-24-12)7-16-13(18)10-3-2-9(17(21)22)6-11(10)14(16)19/h2-6H,7H2,1H3. The van der Waals surface area contributed by atoms with Gasteiger partial charge in [0, 0.05) is 12.1 Å². The number of carbonyl (C=O) groups is 3. The van der Waals surface area contributed by atoms with E-state index in [1.165, 1.54) is 19.2 Å². The number of hydrogen-bond acceptors (Lipinski definition) is 7. The molecule has 0 bridgehead atoms. The van der Waals surface area contributed by atoms with Gasteiger partial charge in [-0.25, -0.2) is 4.79 Å². The lowest BCUT2D eigenvalue weighted by Gasteiger charge is -2.13. The third-order valence-electron chi connectivity index (χ3n) is 3.61. The largest absolute Gasteiger partial charge is 0.465 e. The van der Waals surface area contributed by atoms with Crippen molar-refractivity contribution in [2.75, 3.05) is 7.11 Å². The first-order chi connectivity index (χ1) is 11.4. The number of hydrogen-bond donors (Lipinski definition) is 0. The third-order valence-corrected chi connectivity index (χ3v) is 4.55. The molecule has 1 aromatic carbocycles. The van der Waals surface area contributed by atoms with Gasteiger partial charge in [-0.3, -0.25) is 24.6 Å². The molecular weight excluding hydrogens is 336 g/mol. The van der Waals surface area contributed by atoms with E-state index in [9.17, 15) is 24.5 Å². The average Bonchev–Trinajstić information content (AvgIpc) is 3.13. The van der Waals surface area contributed by atoms with Crippen LogP contribution >= 0.6 is 11.3 Å². The summed E-state index contributed by atoms with van der Waals surface area (Å²) in [5.41, 5.74) is 0.322. The fraction of sp³-hybridized carbons (Fsp3) is 0.133. The number of esters is 1. The Morgan fingerprint density at radius 1 is 1.25 bits per heavy atom. The van der Waals surface area contributed by atoms with Gasteiger partial charge in [0.05, 0.1) is 29.7 Å². The number of amides is 2. The predicted octanol–water partition coefficient (Wildman–Crippen LogP) is 2.24. The van der Waals surface area contributed by atoms with Gasteiger partial charge in [-0.15, -0.1) is 11.3 Å². The molecule has 9 heteroatoms. The van der Waals surface area contributed by atoms with Crippen LogP contribution in [0.5, 0.6) is 0 Å². The molecule has 8 nitrogen and oxygen atoms in total. The fourth-order valence-electron chi connectivity index (χ4n) is 2.44. The summed E-state index contributed by atoms with van der Waals surface area (Å²) in [4.78, 5) is 48.0. The fourth-order valence-corrected chi connectivity index (χ4v) is 3.27. The highest BCUT2D eigenvalue weighted by Crippen LogP contribution is 2.29. The molecule has 1 aromatic heterocycles. The van der Waals surface area contributed by atoms with Crippen molar-refractivity contribution < 1.29 is 24.0 Å². The summed E-state index contributed by atoms with van der Waals surface area (Å²) in [6.07, 6.45) is 0. The number of methoxy groups -OCH3 is 1. The lowest BCUT2D eigenvalue weighted by Crippen LogP contribution is -2.29. The van der Waals surface area contributed by atoms with Crippen molar-refractivity contribution in [3.8, 4) is 0 Å². The third kappa shape index (κ3) is 2.44. The number of nitro groups is 1. The van der Waals surface area contributed by atoms with Crippen LogP contribution in [-0.4, -0.2) is 34.7 Å². The second-order valence-electron chi connectivity index (χ2n) is 4.95. The number of rotatable bonds is 4. The SMILES string of the molecule is COC(=O)c1sccc1CN1C(=O)c2ccc([N+](=O)[O-])cc2C1=O. The van der Waals surface area contributed by atoms with Crippen molar-refractivity contribution >= 4 is 34.8 Å². The van der Waals surface area contributed by atoms with E-state index in [1.807, 2.05) is 0 Å². The average molecular weight is 346 g/mol. The molecule has 1 aliphatic heterocycles. The van der Waals surface area contributed by atoms with E-state index in [0.717, 1.165) is 22.3 Å². The topological polar surface area (TPSA) is 107 Å². The lowest BCUT2D eigenvalue weighted by atomic mass is 10.1. The summed E-state index contributed by atoms with van der Waals surface area (Å²) >= 11 is 1.15. The molecule has 0 unspecified atom stereocenters. The number of nitrogens with zero attached hydrogens (tertiary/aromatic N) is 2. The Kier molecular flexibility index (Phi) is 3.86. The zero-order valence-electron chi connectivity index (χ0n) is 12.3. The maximum Gasteiger partial charge on any atom is 0.348 e. The van der Waals surface area contributed by atoms with Crippen LogP contribution in [0, 0.1) is 10.1 Å². The van der Waals surface area contributed by atoms with Crippen molar-refractivity contribution in [1.29, 1.82) is 0 Å². The van der Waals surface area contributed by atoms with Gasteiger partial charge in [0.2, 0.25) is 0 Å². The van der Waals surface area contributed by atoms with Crippen LogP contribution in [0.3, 0.4) is 0 Å². The molecule has 2 heterocycles. The molecule has 0 radical (unpaired) electrons. The Hall–Kier alpha value is -3.07. The highest BCUT2D eigenvalue weighted by atomic mass is 32.1. The highest BCUT2D eigenvalue weighted by molar-refractivity contribution is 7.12. The van der Waals surface area contributed by atoms with E-state index in [4.69, 9.17) is 0 Å². The number of fused-ring (bicyclic) bond motifs is 1. The Balaban J connectivity index is 1.93. The Morgan fingerprint density at radius 2 is 1.96 bits per heavy atom. The molecule has 0 saturated carbocycles. The second kappa shape index (κ2) is 5.85. The number of thiophene rings is 1. The maximum atomic E-state index is 12.4. The molecule has 0 spiro atoms. The van der Waals surface area contributed by atoms with E-state index in [-0.39, 0.29) is 23.4 Å². The van der Waals surface area contributed by atoms with Crippen LogP contribution in [0.25, 0.3) is 0 Å². The molecule has 2 aromatic rings. The number of non-ortho nitro benzene ring substituents is 1. The Labute approximate surface area is 139 Å². The van der Waals surface area contributed by atoms with Gasteiger partial charge in [0.1, 0.15) is 4.88 Å². The highest BCUT2D eigenvalue weighted by Gasteiger charge is 2.37. The molecule has 0 fully saturated rings. The smallest absolute Gasteiger partial charge is 0.348 e. The number of nitro benzene ring substituents is 1. The first kappa shape index (κ1) is 15.8. The molecule has 24 heavy (non-hydrogen) atoms. The van der Waals surface area contributed by atoms with Gasteiger partial charge in [-0.05, 0) is 23.1 Å². The summed E-state index contributed by atoms with van der Waals surface area (Å²) < 4.78 is 4.67. The summed E-state index contributed by atoms with van der Waals surface area (Å²) in [5, 5.41) is 12.5. The molecule has 122 valence electrons. The van der Waals surface area contributed by atoms with Gasteiger partial charge in [0.25, 0.3) is 17.5 Å². The normalized spacial score (nSPS) is 13.1. The number of imide groups is 1. The number of ether oxygens (including phenoxy) is 1. The molecule has 3 rings (SSSR count). The molecule has 0 aliphatic carbocycles. The first-order valence-corrected chi connectivity index (χ1v) is 7.61. The van der Waals surface area contributed by atoms with E-state index in [1.54, 1.807) is 11.4 Å². The van der Waals surface area contributed by atoms with Crippen molar-refractivity contribution in [1.82, 2.24) is 4.90 Å². The second-order valence-corrected chi connectivity index (χ2v) is 5.87. The summed E-state index contributed by atoms with van der Waals surface area (Å²) in [5.74, 6) is -1.72. The van der Waals surface area contributed by atoms with Crippen molar-refractivity contribution in [3.05, 3.63) is 61.3 Å². The van der Waals surface area contributed by atoms with Crippen molar-refractivity contribution in [2.45, 2.75) is 6.54 Å². The van der Waals surface area contributed by atoms with Crippen LogP contribution in [0.15, 0.2) is 29.6 Å². The van der Waals surface area contributed by atoms with E-state index >= 15 is 0 Å². The minimum absolute atomic E-state index is 0.0101. The molecule has 2 amide bonds. The maximum absolute atomic E-state index is 12.4. The van der Waals surface area contributed by atoms with Gasteiger partial charge >= 0.3 is 5.97 Å². The van der Waals surface area contributed by atoms with Gasteiger partial charge in [0.15, 0.2) is 0 Å². The number of carbonyl (C=O) groups excluding carboxylic acids is 3. The Bertz CT molecular complexity index is 888. The van der Waals surface area contributed by atoms with E-state index < -0.39 is 22.7 Å². The lowest BCUT2D eigenvalue weighted by molar-refractivity contribution is -0.384. The van der Waals surface area contributed by atoms with Crippen LogP contribution < -0.4 is 0 Å². The van der Waals surface area contributed by atoms with Crippen LogP contribution in [0.4, 0.5) is 5.69 Å².